The minimum absolute atomic E-state index is 0.114. The Balaban J connectivity index is 3.22. The summed E-state index contributed by atoms with van der Waals surface area (Å²) < 4.78 is 0. The van der Waals surface area contributed by atoms with E-state index in [0.29, 0.717) is 0 Å². The third-order valence-corrected chi connectivity index (χ3v) is 1.59. The van der Waals surface area contributed by atoms with E-state index in [1.165, 1.54) is 12.2 Å². The fraction of sp³-hybridized carbons (Fsp3) is 0. The average molecular weight is 176 g/mol. The molecule has 0 atom stereocenters. The molecule has 0 aromatic carbocycles. The van der Waals surface area contributed by atoms with Crippen molar-refractivity contribution in [3.05, 3.63) is 35.5 Å². The number of aliphatic carboxylic acids is 1. The largest absolute Gasteiger partial charge is 0.478 e. The molecule has 66 valence electrons. The molecule has 1 rings (SSSR count). The minimum atomic E-state index is -1.19. The van der Waals surface area contributed by atoms with E-state index >= 15 is 0 Å². The fourth-order valence-electron chi connectivity index (χ4n) is 0.973. The molecule has 0 unspecified atom stereocenters. The van der Waals surface area contributed by atoms with Gasteiger partial charge in [-0.05, 0) is 6.08 Å². The number of carboxylic acid groups (broad SMARTS) is 1. The molecular formula is C9H8N2O2. The second kappa shape index (κ2) is 3.62. The Labute approximate surface area is 74.9 Å². The van der Waals surface area contributed by atoms with Crippen LogP contribution in [0, 0.1) is 10.8 Å². The Hall–Kier alpha value is -1.97. The summed E-state index contributed by atoms with van der Waals surface area (Å²) in [4.78, 5) is 10.6. The molecule has 3 N–H and O–H groups in total. The molecule has 0 heterocycles. The molecule has 0 aromatic heterocycles. The molecule has 0 bridgehead atoms. The monoisotopic (exact) mass is 176 g/mol. The van der Waals surface area contributed by atoms with E-state index < -0.39 is 5.97 Å². The van der Waals surface area contributed by atoms with Crippen molar-refractivity contribution in [1.29, 1.82) is 10.8 Å². The van der Waals surface area contributed by atoms with Crippen LogP contribution in [0.3, 0.4) is 0 Å². The van der Waals surface area contributed by atoms with Crippen molar-refractivity contribution in [1.82, 2.24) is 0 Å². The summed E-state index contributed by atoms with van der Waals surface area (Å²) in [5.41, 5.74) is 0.221. The van der Waals surface area contributed by atoms with Crippen LogP contribution in [0.25, 0.3) is 0 Å². The second-order valence-electron chi connectivity index (χ2n) is 2.41. The van der Waals surface area contributed by atoms with E-state index in [4.69, 9.17) is 15.9 Å². The van der Waals surface area contributed by atoms with Crippen molar-refractivity contribution < 1.29 is 9.90 Å². The number of allylic oxidation sites excluding steroid dienone is 5. The van der Waals surface area contributed by atoms with Gasteiger partial charge in [-0.2, -0.15) is 0 Å². The van der Waals surface area contributed by atoms with Crippen molar-refractivity contribution in [3.63, 3.8) is 0 Å². The first kappa shape index (κ1) is 9.12. The summed E-state index contributed by atoms with van der Waals surface area (Å²) in [6, 6.07) is 0. The number of hydrogen-bond donors (Lipinski definition) is 3. The number of hydrogen-bond acceptors (Lipinski definition) is 3. The van der Waals surface area contributed by atoms with E-state index in [0.717, 1.165) is 6.21 Å². The summed E-state index contributed by atoms with van der Waals surface area (Å²) >= 11 is 0. The molecule has 0 aromatic rings. The molecule has 0 amide bonds. The van der Waals surface area contributed by atoms with E-state index in [1.54, 1.807) is 12.2 Å². The normalized spacial score (nSPS) is 18.6. The standard InChI is InChI=1S/C9H8N2O2/c10-5-7(9(12)13)6-3-1-2-4-8(6)11/h1-5,10-11H,(H,12,13)/b7-6+,10-5?,11-8?. The molecule has 13 heavy (non-hydrogen) atoms. The van der Waals surface area contributed by atoms with Gasteiger partial charge >= 0.3 is 5.97 Å². The number of carbonyl (C=O) groups is 1. The van der Waals surface area contributed by atoms with E-state index in [2.05, 4.69) is 0 Å². The smallest absolute Gasteiger partial charge is 0.337 e. The van der Waals surface area contributed by atoms with Crippen LogP contribution in [0.1, 0.15) is 0 Å². The van der Waals surface area contributed by atoms with E-state index in [9.17, 15) is 4.79 Å². The molecule has 4 heteroatoms. The van der Waals surface area contributed by atoms with Crippen LogP contribution < -0.4 is 0 Å². The summed E-state index contributed by atoms with van der Waals surface area (Å²) in [6.07, 6.45) is 7.03. The predicted octanol–water partition coefficient (Wildman–Crippen LogP) is 1.16. The Kier molecular flexibility index (Phi) is 2.54. The van der Waals surface area contributed by atoms with Gasteiger partial charge in [-0.15, -0.1) is 0 Å². The summed E-state index contributed by atoms with van der Waals surface area (Å²) in [5.74, 6) is -1.19. The first-order valence-electron chi connectivity index (χ1n) is 3.58. The van der Waals surface area contributed by atoms with Gasteiger partial charge in [0.2, 0.25) is 0 Å². The molecule has 0 saturated heterocycles. The van der Waals surface area contributed by atoms with Crippen LogP contribution in [-0.2, 0) is 4.79 Å². The molecule has 1 aliphatic carbocycles. The fourth-order valence-corrected chi connectivity index (χ4v) is 0.973. The van der Waals surface area contributed by atoms with Crippen molar-refractivity contribution >= 4 is 17.9 Å². The van der Waals surface area contributed by atoms with E-state index in [-0.39, 0.29) is 16.9 Å². The maximum absolute atomic E-state index is 10.6. The zero-order chi connectivity index (χ0) is 9.84. The van der Waals surface area contributed by atoms with Gasteiger partial charge < -0.3 is 15.9 Å². The highest BCUT2D eigenvalue weighted by Gasteiger charge is 2.13. The predicted molar refractivity (Wildman–Crippen MR) is 49.5 cm³/mol. The lowest BCUT2D eigenvalue weighted by Crippen LogP contribution is -2.10. The topological polar surface area (TPSA) is 85.0 Å². The zero-order valence-electron chi connectivity index (χ0n) is 6.74. The minimum Gasteiger partial charge on any atom is -0.478 e. The van der Waals surface area contributed by atoms with Gasteiger partial charge in [-0.1, -0.05) is 18.2 Å². The SMILES string of the molecule is N=C/C(C(=O)O)=C1/C=CC=CC1=N. The third kappa shape index (κ3) is 1.79. The van der Waals surface area contributed by atoms with Crippen LogP contribution in [0.15, 0.2) is 35.5 Å². The lowest BCUT2D eigenvalue weighted by Gasteiger charge is -2.05. The Morgan fingerprint density at radius 2 is 2.00 bits per heavy atom. The van der Waals surface area contributed by atoms with Gasteiger partial charge in [0.05, 0.1) is 11.3 Å². The molecule has 0 spiro atoms. The molecule has 0 aliphatic heterocycles. The van der Waals surface area contributed by atoms with Crippen molar-refractivity contribution in [2.45, 2.75) is 0 Å². The Morgan fingerprint density at radius 3 is 2.46 bits per heavy atom. The van der Waals surface area contributed by atoms with Crippen molar-refractivity contribution in [2.75, 3.05) is 0 Å². The Bertz CT molecular complexity index is 362. The number of nitrogens with one attached hydrogen (secondary N) is 2. The second-order valence-corrected chi connectivity index (χ2v) is 2.41. The van der Waals surface area contributed by atoms with Gasteiger partial charge in [-0.3, -0.25) is 0 Å². The maximum atomic E-state index is 10.6. The highest BCUT2D eigenvalue weighted by atomic mass is 16.4. The van der Waals surface area contributed by atoms with Crippen molar-refractivity contribution in [2.24, 2.45) is 0 Å². The van der Waals surface area contributed by atoms with Crippen molar-refractivity contribution in [3.8, 4) is 0 Å². The molecule has 0 saturated carbocycles. The van der Waals surface area contributed by atoms with Gasteiger partial charge in [0.1, 0.15) is 0 Å². The molecule has 4 nitrogen and oxygen atoms in total. The molecule has 1 aliphatic rings. The quantitative estimate of drug-likeness (QED) is 0.435. The summed E-state index contributed by atoms with van der Waals surface area (Å²) in [6.45, 7) is 0. The third-order valence-electron chi connectivity index (χ3n) is 1.59. The van der Waals surface area contributed by atoms with Crippen LogP contribution >= 0.6 is 0 Å². The highest BCUT2D eigenvalue weighted by Crippen LogP contribution is 2.11. The first-order valence-corrected chi connectivity index (χ1v) is 3.58. The van der Waals surface area contributed by atoms with Gasteiger partial charge in [-0.25, -0.2) is 4.79 Å². The molecule has 0 fully saturated rings. The van der Waals surface area contributed by atoms with E-state index in [1.807, 2.05) is 0 Å². The van der Waals surface area contributed by atoms with Crippen LogP contribution in [0.5, 0.6) is 0 Å². The van der Waals surface area contributed by atoms with Gasteiger partial charge in [0, 0.05) is 11.8 Å². The lowest BCUT2D eigenvalue weighted by atomic mass is 10.00. The molecular weight excluding hydrogens is 168 g/mol. The lowest BCUT2D eigenvalue weighted by molar-refractivity contribution is -0.132. The average Bonchev–Trinajstić information content (AvgIpc) is 2.09. The molecule has 0 radical (unpaired) electrons. The number of carboxylic acids is 1. The highest BCUT2D eigenvalue weighted by molar-refractivity contribution is 6.20. The van der Waals surface area contributed by atoms with Crippen LogP contribution in [-0.4, -0.2) is 23.0 Å². The first-order chi connectivity index (χ1) is 6.16. The van der Waals surface area contributed by atoms with Crippen LogP contribution in [0.4, 0.5) is 0 Å². The van der Waals surface area contributed by atoms with Gasteiger partial charge in [0.15, 0.2) is 0 Å². The Morgan fingerprint density at radius 1 is 1.38 bits per heavy atom. The van der Waals surface area contributed by atoms with Crippen LogP contribution in [0.2, 0.25) is 0 Å². The maximum Gasteiger partial charge on any atom is 0.337 e. The summed E-state index contributed by atoms with van der Waals surface area (Å²) in [5, 5.41) is 23.0. The van der Waals surface area contributed by atoms with Gasteiger partial charge in [0.25, 0.3) is 0 Å². The zero-order valence-corrected chi connectivity index (χ0v) is 6.74. The number of rotatable bonds is 2. The summed E-state index contributed by atoms with van der Waals surface area (Å²) in [7, 11) is 0.